The smallest absolute Gasteiger partial charge is 0.408 e. The third-order valence-corrected chi connectivity index (χ3v) is 2.87. The molecule has 2 rings (SSSR count). The zero-order valence-corrected chi connectivity index (χ0v) is 10.5. The Kier molecular flexibility index (Phi) is 3.50. The first-order chi connectivity index (χ1) is 8.56. The number of fused-ring (bicyclic) bond motifs is 1. The first-order valence-electron chi connectivity index (χ1n) is 5.90. The summed E-state index contributed by atoms with van der Waals surface area (Å²) in [7, 11) is 1.95. The van der Waals surface area contributed by atoms with Crippen LogP contribution in [0.25, 0.3) is 11.1 Å². The number of nitrogens with zero attached hydrogens (tertiary/aromatic N) is 1. The predicted octanol–water partition coefficient (Wildman–Crippen LogP) is 1.93. The summed E-state index contributed by atoms with van der Waals surface area (Å²) in [5.74, 6) is -0.239. The van der Waals surface area contributed by atoms with E-state index in [1.54, 1.807) is 6.92 Å². The number of aromatic nitrogens is 1. The van der Waals surface area contributed by atoms with Gasteiger partial charge in [-0.1, -0.05) is 0 Å². The van der Waals surface area contributed by atoms with Crippen LogP contribution < -0.4 is 10.7 Å². The fourth-order valence-electron chi connectivity index (χ4n) is 1.87. The normalized spacial score (nSPS) is 10.8. The molecule has 96 valence electrons. The number of nitrogens with one attached hydrogen (secondary N) is 1. The largest absolute Gasteiger partial charge is 0.417 e. The highest BCUT2D eigenvalue weighted by Crippen LogP contribution is 2.19. The third-order valence-electron chi connectivity index (χ3n) is 2.87. The van der Waals surface area contributed by atoms with E-state index in [2.05, 4.69) is 4.98 Å². The summed E-state index contributed by atoms with van der Waals surface area (Å²) in [5, 5.41) is 0. The first kappa shape index (κ1) is 12.4. The summed E-state index contributed by atoms with van der Waals surface area (Å²) >= 11 is 0. The average Bonchev–Trinajstić information content (AvgIpc) is 2.67. The summed E-state index contributed by atoms with van der Waals surface area (Å²) in [5.41, 5.74) is 2.21. The van der Waals surface area contributed by atoms with Crippen LogP contribution in [0.2, 0.25) is 0 Å². The molecular formula is C13H16N2O3. The van der Waals surface area contributed by atoms with Crippen LogP contribution in [0.1, 0.15) is 19.8 Å². The molecule has 0 aliphatic heterocycles. The van der Waals surface area contributed by atoms with Crippen molar-refractivity contribution in [3.05, 3.63) is 28.7 Å². The molecule has 0 aliphatic carbocycles. The molecule has 18 heavy (non-hydrogen) atoms. The lowest BCUT2D eigenvalue weighted by molar-refractivity contribution is -0.117. The van der Waals surface area contributed by atoms with Crippen molar-refractivity contribution in [1.82, 2.24) is 4.98 Å². The van der Waals surface area contributed by atoms with E-state index < -0.39 is 5.76 Å². The minimum absolute atomic E-state index is 0.204. The summed E-state index contributed by atoms with van der Waals surface area (Å²) in [6.07, 6.45) is 1.41. The maximum atomic E-state index is 11.0. The third kappa shape index (κ3) is 2.80. The lowest BCUT2D eigenvalue weighted by atomic mass is 10.2. The molecule has 0 atom stereocenters. The van der Waals surface area contributed by atoms with E-state index in [4.69, 9.17) is 4.42 Å². The maximum Gasteiger partial charge on any atom is 0.417 e. The molecule has 0 saturated carbocycles. The Morgan fingerprint density at radius 3 is 2.94 bits per heavy atom. The van der Waals surface area contributed by atoms with Crippen LogP contribution in [0.15, 0.2) is 27.4 Å². The summed E-state index contributed by atoms with van der Waals surface area (Å²) in [6.45, 7) is 2.39. The number of rotatable bonds is 5. The fraction of sp³-hybridized carbons (Fsp3) is 0.385. The van der Waals surface area contributed by atoms with Crippen LogP contribution in [0.5, 0.6) is 0 Å². The lowest BCUT2D eigenvalue weighted by Gasteiger charge is -2.18. The Hall–Kier alpha value is -2.04. The van der Waals surface area contributed by atoms with E-state index in [0.29, 0.717) is 17.5 Å². The highest BCUT2D eigenvalue weighted by atomic mass is 16.4. The second kappa shape index (κ2) is 5.08. The van der Waals surface area contributed by atoms with Gasteiger partial charge in [-0.05, 0) is 25.5 Å². The molecule has 5 heteroatoms. The van der Waals surface area contributed by atoms with Crippen molar-refractivity contribution in [2.45, 2.75) is 19.8 Å². The molecule has 0 saturated heterocycles. The van der Waals surface area contributed by atoms with Crippen molar-refractivity contribution in [3.63, 3.8) is 0 Å². The molecule has 0 radical (unpaired) electrons. The standard InChI is InChI=1S/C13H16N2O3/c1-9(16)4-3-7-15(2)10-5-6-11-12(8-10)18-13(17)14-11/h5-6,8H,3-4,7H2,1-2H3,(H,14,17). The molecule has 1 heterocycles. The predicted molar refractivity (Wildman–Crippen MR) is 70.0 cm³/mol. The van der Waals surface area contributed by atoms with Gasteiger partial charge in [-0.25, -0.2) is 4.79 Å². The molecule has 1 aromatic heterocycles. The number of benzene rings is 1. The molecule has 0 unspecified atom stereocenters. The number of carbonyl (C=O) groups excluding carboxylic acids is 1. The van der Waals surface area contributed by atoms with Crippen molar-refractivity contribution in [1.29, 1.82) is 0 Å². The quantitative estimate of drug-likeness (QED) is 0.878. The van der Waals surface area contributed by atoms with Crippen LogP contribution in [0, 0.1) is 0 Å². The fourth-order valence-corrected chi connectivity index (χ4v) is 1.87. The monoisotopic (exact) mass is 248 g/mol. The Bertz CT molecular complexity index is 612. The van der Waals surface area contributed by atoms with Gasteiger partial charge in [-0.15, -0.1) is 0 Å². The van der Waals surface area contributed by atoms with Crippen LogP contribution in [0.3, 0.4) is 0 Å². The van der Waals surface area contributed by atoms with Gasteiger partial charge >= 0.3 is 5.76 Å². The van der Waals surface area contributed by atoms with E-state index in [1.807, 2.05) is 30.1 Å². The number of ketones is 1. The minimum atomic E-state index is -0.443. The van der Waals surface area contributed by atoms with Gasteiger partial charge in [0, 0.05) is 31.8 Å². The second-order valence-electron chi connectivity index (χ2n) is 4.42. The van der Waals surface area contributed by atoms with E-state index in [0.717, 1.165) is 18.7 Å². The number of hydrogen-bond donors (Lipinski definition) is 1. The van der Waals surface area contributed by atoms with Gasteiger partial charge in [-0.2, -0.15) is 0 Å². The van der Waals surface area contributed by atoms with Gasteiger partial charge in [0.25, 0.3) is 0 Å². The van der Waals surface area contributed by atoms with Crippen LogP contribution in [0.4, 0.5) is 5.69 Å². The highest BCUT2D eigenvalue weighted by molar-refractivity contribution is 5.77. The van der Waals surface area contributed by atoms with Gasteiger partial charge in [0.15, 0.2) is 5.58 Å². The topological polar surface area (TPSA) is 66.3 Å². The average molecular weight is 248 g/mol. The van der Waals surface area contributed by atoms with Crippen LogP contribution in [-0.4, -0.2) is 24.4 Å². The van der Waals surface area contributed by atoms with Crippen LogP contribution in [-0.2, 0) is 4.79 Å². The number of hydrogen-bond acceptors (Lipinski definition) is 4. The van der Waals surface area contributed by atoms with Gasteiger partial charge in [0.1, 0.15) is 5.78 Å². The molecule has 0 spiro atoms. The van der Waals surface area contributed by atoms with E-state index >= 15 is 0 Å². The minimum Gasteiger partial charge on any atom is -0.408 e. The van der Waals surface area contributed by atoms with Crippen molar-refractivity contribution < 1.29 is 9.21 Å². The second-order valence-corrected chi connectivity index (χ2v) is 4.42. The highest BCUT2D eigenvalue weighted by Gasteiger charge is 2.06. The van der Waals surface area contributed by atoms with Crippen molar-refractivity contribution in [2.75, 3.05) is 18.5 Å². The first-order valence-corrected chi connectivity index (χ1v) is 5.90. The summed E-state index contributed by atoms with van der Waals surface area (Å²) < 4.78 is 5.01. The molecule has 0 bridgehead atoms. The Balaban J connectivity index is 2.09. The molecule has 5 nitrogen and oxygen atoms in total. The van der Waals surface area contributed by atoms with E-state index in [9.17, 15) is 9.59 Å². The molecular weight excluding hydrogens is 232 g/mol. The molecule has 0 fully saturated rings. The number of oxazole rings is 1. The van der Waals surface area contributed by atoms with Gasteiger partial charge in [0.05, 0.1) is 5.52 Å². The number of carbonyl (C=O) groups is 1. The van der Waals surface area contributed by atoms with Crippen molar-refractivity contribution in [2.24, 2.45) is 0 Å². The molecule has 0 amide bonds. The van der Waals surface area contributed by atoms with Crippen molar-refractivity contribution >= 4 is 22.6 Å². The Morgan fingerprint density at radius 2 is 2.22 bits per heavy atom. The number of anilines is 1. The van der Waals surface area contributed by atoms with Gasteiger partial charge in [0.2, 0.25) is 0 Å². The van der Waals surface area contributed by atoms with E-state index in [1.165, 1.54) is 0 Å². The SMILES string of the molecule is CC(=O)CCCN(C)c1ccc2[nH]c(=O)oc2c1. The Morgan fingerprint density at radius 1 is 1.44 bits per heavy atom. The van der Waals surface area contributed by atoms with Gasteiger partial charge < -0.3 is 14.1 Å². The summed E-state index contributed by atoms with van der Waals surface area (Å²) in [4.78, 5) is 26.5. The number of Topliss-reactive ketones (excluding diaryl/α,β-unsaturated/α-hetero) is 1. The van der Waals surface area contributed by atoms with Gasteiger partial charge in [-0.3, -0.25) is 4.98 Å². The lowest BCUT2D eigenvalue weighted by Crippen LogP contribution is -2.18. The zero-order valence-electron chi connectivity index (χ0n) is 10.5. The Labute approximate surface area is 104 Å². The van der Waals surface area contributed by atoms with Crippen molar-refractivity contribution in [3.8, 4) is 0 Å². The molecule has 1 aromatic carbocycles. The number of H-pyrrole nitrogens is 1. The maximum absolute atomic E-state index is 11.0. The van der Waals surface area contributed by atoms with E-state index in [-0.39, 0.29) is 5.78 Å². The molecule has 1 N–H and O–H groups in total. The zero-order chi connectivity index (χ0) is 13.1. The molecule has 0 aliphatic rings. The molecule has 2 aromatic rings. The van der Waals surface area contributed by atoms with Crippen LogP contribution >= 0.6 is 0 Å². The summed E-state index contributed by atoms with van der Waals surface area (Å²) in [6, 6.07) is 5.56. The number of aromatic amines is 1.